The number of pyridine rings is 1. The first-order chi connectivity index (χ1) is 15.2. The predicted octanol–water partition coefficient (Wildman–Crippen LogP) is -0.573. The Labute approximate surface area is 184 Å². The highest BCUT2D eigenvalue weighted by atomic mass is 16.5. The molecule has 0 radical (unpaired) electrons. The molecule has 4 heterocycles. The van der Waals surface area contributed by atoms with Gasteiger partial charge in [0.15, 0.2) is 6.54 Å². The molecule has 1 atom stereocenters. The number of likely N-dealkylation sites (tertiary alicyclic amines) is 1. The summed E-state index contributed by atoms with van der Waals surface area (Å²) in [7, 11) is 2.97. The Kier molecular flexibility index (Phi) is 4.64. The molecule has 32 heavy (non-hydrogen) atoms. The van der Waals surface area contributed by atoms with E-state index in [1.807, 2.05) is 13.0 Å². The number of aryl methyl sites for hydroxylation is 1. The maximum atomic E-state index is 12.7. The maximum Gasteiger partial charge on any atom is 0.333 e. The van der Waals surface area contributed by atoms with Crippen LogP contribution in [0.1, 0.15) is 24.6 Å². The Bertz CT molecular complexity index is 1140. The van der Waals surface area contributed by atoms with Crippen molar-refractivity contribution >= 4 is 30.0 Å². The first kappa shape index (κ1) is 20.4. The van der Waals surface area contributed by atoms with E-state index >= 15 is 0 Å². The largest absolute Gasteiger partial charge is 0.486 e. The fraction of sp³-hybridized carbons (Fsp3) is 0.524. The summed E-state index contributed by atoms with van der Waals surface area (Å²) in [5.74, 6) is 0.283. The molecular weight excluding hydrogens is 416 g/mol. The fourth-order valence-corrected chi connectivity index (χ4v) is 4.39. The van der Waals surface area contributed by atoms with Gasteiger partial charge in [-0.2, -0.15) is 0 Å². The monoisotopic (exact) mass is 441 g/mol. The second kappa shape index (κ2) is 7.28. The summed E-state index contributed by atoms with van der Waals surface area (Å²) in [4.78, 5) is 57.8. The molecule has 11 heteroatoms. The van der Waals surface area contributed by atoms with Gasteiger partial charge in [-0.25, -0.2) is 9.37 Å². The van der Waals surface area contributed by atoms with E-state index in [1.165, 1.54) is 24.4 Å². The molecule has 1 unspecified atom stereocenters. The summed E-state index contributed by atoms with van der Waals surface area (Å²) in [6, 6.07) is 2.46. The van der Waals surface area contributed by atoms with Crippen LogP contribution in [-0.4, -0.2) is 99.7 Å². The predicted molar refractivity (Wildman–Crippen MR) is 113 cm³/mol. The molecule has 0 spiro atoms. The van der Waals surface area contributed by atoms with Gasteiger partial charge in [-0.1, -0.05) is 0 Å². The van der Waals surface area contributed by atoms with Crippen molar-refractivity contribution in [3.63, 3.8) is 0 Å². The molecule has 0 N–H and O–H groups in total. The molecule has 1 aromatic rings. The smallest absolute Gasteiger partial charge is 0.333 e. The number of aromatic nitrogens is 1. The van der Waals surface area contributed by atoms with Crippen molar-refractivity contribution in [1.82, 2.24) is 19.3 Å². The van der Waals surface area contributed by atoms with Gasteiger partial charge in [0.25, 0.3) is 35.6 Å². The fourth-order valence-electron chi connectivity index (χ4n) is 4.39. The number of imide groups is 1. The summed E-state index contributed by atoms with van der Waals surface area (Å²) < 4.78 is 9.26. The maximum absolute atomic E-state index is 12.7. The number of ether oxygens (including phenoxy) is 1. The Hall–Kier alpha value is -3.50. The number of hydrogen-bond donors (Lipinski definition) is 0. The first-order valence-corrected chi connectivity index (χ1v) is 10.6. The molecule has 3 aliphatic heterocycles. The normalized spacial score (nSPS) is 23.1. The van der Waals surface area contributed by atoms with Crippen LogP contribution in [-0.2, 0) is 9.59 Å². The minimum absolute atomic E-state index is 0.0253. The SMILES string of the molecule is Cc1cc(OC2CN(C(=O)C[N+]3=CN=C4C3C(=O)N(C)C(=O)N4C)C2)cc(=O)n1C1CC1. The van der Waals surface area contributed by atoms with Crippen LogP contribution >= 0.6 is 0 Å². The molecule has 11 nitrogen and oxygen atoms in total. The van der Waals surface area contributed by atoms with Crippen molar-refractivity contribution < 1.29 is 23.7 Å². The summed E-state index contributed by atoms with van der Waals surface area (Å²) in [5.41, 5.74) is 0.828. The van der Waals surface area contributed by atoms with Gasteiger partial charge in [-0.15, -0.1) is 0 Å². The molecule has 3 fully saturated rings. The highest BCUT2D eigenvalue weighted by Gasteiger charge is 2.51. The van der Waals surface area contributed by atoms with Crippen LogP contribution in [0.2, 0.25) is 0 Å². The minimum Gasteiger partial charge on any atom is -0.486 e. The van der Waals surface area contributed by atoms with Gasteiger partial charge >= 0.3 is 6.03 Å². The van der Waals surface area contributed by atoms with Crippen molar-refractivity contribution in [3.05, 3.63) is 28.2 Å². The topological polar surface area (TPSA) is 108 Å². The van der Waals surface area contributed by atoms with Crippen LogP contribution in [0.5, 0.6) is 5.75 Å². The van der Waals surface area contributed by atoms with Crippen molar-refractivity contribution in [1.29, 1.82) is 0 Å². The van der Waals surface area contributed by atoms with Crippen molar-refractivity contribution in [2.75, 3.05) is 33.7 Å². The molecular formula is C21H25N6O5+. The van der Waals surface area contributed by atoms with Crippen LogP contribution in [0.3, 0.4) is 0 Å². The number of rotatable bonds is 5. The van der Waals surface area contributed by atoms with Crippen LogP contribution in [0, 0.1) is 6.92 Å². The van der Waals surface area contributed by atoms with Gasteiger partial charge in [0, 0.05) is 31.9 Å². The van der Waals surface area contributed by atoms with Gasteiger partial charge in [0.2, 0.25) is 0 Å². The lowest BCUT2D eigenvalue weighted by Gasteiger charge is -2.39. The number of amidine groups is 1. The number of fused-ring (bicyclic) bond motifs is 1. The van der Waals surface area contributed by atoms with Crippen LogP contribution in [0.25, 0.3) is 0 Å². The molecule has 1 saturated carbocycles. The van der Waals surface area contributed by atoms with Crippen molar-refractivity contribution in [2.24, 2.45) is 4.99 Å². The van der Waals surface area contributed by atoms with Crippen LogP contribution in [0.15, 0.2) is 21.9 Å². The second-order valence-corrected chi connectivity index (χ2v) is 8.73. The van der Waals surface area contributed by atoms with Gasteiger partial charge in [0.05, 0.1) is 13.1 Å². The zero-order valence-electron chi connectivity index (χ0n) is 18.2. The van der Waals surface area contributed by atoms with Crippen molar-refractivity contribution in [2.45, 2.75) is 38.0 Å². The lowest BCUT2D eigenvalue weighted by molar-refractivity contribution is -0.521. The van der Waals surface area contributed by atoms with Crippen LogP contribution in [0.4, 0.5) is 4.79 Å². The van der Waals surface area contributed by atoms with E-state index in [1.54, 1.807) is 21.1 Å². The average Bonchev–Trinajstić information content (AvgIpc) is 3.45. The summed E-state index contributed by atoms with van der Waals surface area (Å²) >= 11 is 0. The van der Waals surface area contributed by atoms with E-state index in [9.17, 15) is 19.2 Å². The number of likely N-dealkylation sites (N-methyl/N-ethyl adjacent to an activating group) is 2. The second-order valence-electron chi connectivity index (χ2n) is 8.73. The van der Waals surface area contributed by atoms with Crippen LogP contribution < -0.4 is 10.3 Å². The third-order valence-electron chi connectivity index (χ3n) is 6.36. The molecule has 1 aromatic heterocycles. The number of carbonyl (C=O) groups is 3. The molecule has 1 aliphatic carbocycles. The van der Waals surface area contributed by atoms with E-state index in [4.69, 9.17) is 4.74 Å². The Morgan fingerprint density at radius 1 is 1.16 bits per heavy atom. The van der Waals surface area contributed by atoms with Gasteiger partial charge < -0.3 is 14.2 Å². The number of amides is 4. The van der Waals surface area contributed by atoms with E-state index in [0.717, 1.165) is 23.4 Å². The molecule has 2 saturated heterocycles. The number of nitrogens with zero attached hydrogens (tertiary/aromatic N) is 6. The zero-order chi connectivity index (χ0) is 22.7. The van der Waals surface area contributed by atoms with Gasteiger partial charge in [0.1, 0.15) is 11.9 Å². The lowest BCUT2D eigenvalue weighted by atomic mass is 10.1. The van der Waals surface area contributed by atoms with E-state index in [-0.39, 0.29) is 24.1 Å². The summed E-state index contributed by atoms with van der Waals surface area (Å²) in [6.07, 6.45) is 3.33. The molecule has 4 amide bonds. The molecule has 0 bridgehead atoms. The van der Waals surface area contributed by atoms with Gasteiger partial charge in [-0.05, 0) is 30.8 Å². The molecule has 5 rings (SSSR count). The Balaban J connectivity index is 1.17. The quantitative estimate of drug-likeness (QED) is 0.569. The zero-order valence-corrected chi connectivity index (χ0v) is 18.2. The highest BCUT2D eigenvalue weighted by molar-refractivity contribution is 6.21. The summed E-state index contributed by atoms with van der Waals surface area (Å²) in [6.45, 7) is 2.69. The minimum atomic E-state index is -0.777. The highest BCUT2D eigenvalue weighted by Crippen LogP contribution is 2.35. The Morgan fingerprint density at radius 3 is 2.53 bits per heavy atom. The first-order valence-electron chi connectivity index (χ1n) is 10.6. The standard InChI is InChI=1S/C21H25N6O5/c1-12-6-14(7-16(28)27(12)13-4-5-13)32-15-8-25(9-15)17(29)10-26-11-22-19-18(26)20(30)24(3)21(31)23(19)2/h6-7,11,13,15,18H,4-5,8-10H2,1-3H3/q+1. The number of carbonyl (C=O) groups excluding carboxylic acids is 3. The third kappa shape index (κ3) is 3.28. The molecule has 0 aromatic carbocycles. The number of aliphatic imine (C=N–C) groups is 1. The van der Waals surface area contributed by atoms with E-state index < -0.39 is 18.0 Å². The number of urea groups is 1. The molecule has 4 aliphatic rings. The molecule has 168 valence electrons. The van der Waals surface area contributed by atoms with Crippen molar-refractivity contribution in [3.8, 4) is 5.75 Å². The number of hydrogen-bond acceptors (Lipinski definition) is 6. The Morgan fingerprint density at radius 2 is 1.88 bits per heavy atom. The lowest BCUT2D eigenvalue weighted by Crippen LogP contribution is -2.63. The van der Waals surface area contributed by atoms with E-state index in [2.05, 4.69) is 4.99 Å². The average molecular weight is 441 g/mol. The third-order valence-corrected chi connectivity index (χ3v) is 6.36. The van der Waals surface area contributed by atoms with Gasteiger partial charge in [-0.3, -0.25) is 24.2 Å². The summed E-state index contributed by atoms with van der Waals surface area (Å²) in [5, 5.41) is 0. The van der Waals surface area contributed by atoms with E-state index in [0.29, 0.717) is 30.7 Å².